The molecule has 24 heavy (non-hydrogen) atoms. The fraction of sp³-hybridized carbons (Fsp3) is 1.00. The van der Waals surface area contributed by atoms with Gasteiger partial charge in [-0.3, -0.25) is 0 Å². The average Bonchev–Trinajstić information content (AvgIpc) is 2.59. The Hall–Kier alpha value is -0.440. The van der Waals surface area contributed by atoms with Crippen LogP contribution in [0.3, 0.4) is 0 Å². The van der Waals surface area contributed by atoms with Gasteiger partial charge in [0.15, 0.2) is 12.6 Å². The molecule has 10 atom stereocenters. The molecule has 0 bridgehead atoms. The molecule has 2 fully saturated rings. The van der Waals surface area contributed by atoms with Crippen molar-refractivity contribution in [3.63, 3.8) is 0 Å². The summed E-state index contributed by atoms with van der Waals surface area (Å²) in [5.41, 5.74) is 0. The first-order valence-electron chi connectivity index (χ1n) is 7.46. The van der Waals surface area contributed by atoms with Crippen molar-refractivity contribution in [3.8, 4) is 0 Å². The molecule has 2 saturated heterocycles. The summed E-state index contributed by atoms with van der Waals surface area (Å²) in [5.74, 6) is 0. The molecule has 2 aliphatic heterocycles. The zero-order valence-corrected chi connectivity index (χ0v) is 13.0. The van der Waals surface area contributed by atoms with E-state index in [9.17, 15) is 25.5 Å². The molecule has 2 rings (SSSR count). The summed E-state index contributed by atoms with van der Waals surface area (Å²) >= 11 is 0. The van der Waals surface area contributed by atoms with Crippen LogP contribution in [0.1, 0.15) is 0 Å². The molecule has 0 spiro atoms. The lowest BCUT2D eigenvalue weighted by Gasteiger charge is -2.45. The van der Waals surface area contributed by atoms with E-state index in [4.69, 9.17) is 29.2 Å². The molecular formula is C13H24O11. The molecule has 0 amide bonds. The van der Waals surface area contributed by atoms with Crippen molar-refractivity contribution in [2.24, 2.45) is 0 Å². The van der Waals surface area contributed by atoms with Gasteiger partial charge < -0.3 is 54.7 Å². The Morgan fingerprint density at radius 2 is 1.21 bits per heavy atom. The number of methoxy groups -OCH3 is 1. The van der Waals surface area contributed by atoms with Crippen LogP contribution in [0.2, 0.25) is 0 Å². The summed E-state index contributed by atoms with van der Waals surface area (Å²) in [5, 5.41) is 67.8. The standard InChI is InChI=1S/C13H24O11/c1-21-13-11(9(19)7(17)5(3-15)23-13)24-12-10(20)8(18)6(16)4(2-14)22-12/h4-20H,2-3H2,1H3/t4-,5-,6-,7-,8+,9+,10+,11+,12-,13+/m1/s1. The van der Waals surface area contributed by atoms with Gasteiger partial charge in [0.2, 0.25) is 0 Å². The molecule has 11 heteroatoms. The van der Waals surface area contributed by atoms with Crippen LogP contribution in [0.4, 0.5) is 0 Å². The molecule has 0 unspecified atom stereocenters. The summed E-state index contributed by atoms with van der Waals surface area (Å²) < 4.78 is 20.8. The van der Waals surface area contributed by atoms with Crippen molar-refractivity contribution in [2.75, 3.05) is 20.3 Å². The SMILES string of the molecule is CO[C@H]1O[C@H](CO)[C@@H](O)[C@H](O)[C@@H]1O[C@H]1O[C@H](CO)[C@@H](O)[C@H](O)[C@@H]1O. The van der Waals surface area contributed by atoms with Gasteiger partial charge in [0.1, 0.15) is 48.8 Å². The van der Waals surface area contributed by atoms with Gasteiger partial charge in [0.05, 0.1) is 13.2 Å². The molecule has 11 nitrogen and oxygen atoms in total. The highest BCUT2D eigenvalue weighted by atomic mass is 16.8. The first kappa shape index (κ1) is 19.9. The molecule has 142 valence electrons. The maximum Gasteiger partial charge on any atom is 0.187 e. The van der Waals surface area contributed by atoms with E-state index in [1.165, 1.54) is 7.11 Å². The van der Waals surface area contributed by atoms with Gasteiger partial charge in [-0.25, -0.2) is 0 Å². The van der Waals surface area contributed by atoms with Crippen LogP contribution in [0, 0.1) is 0 Å². The number of hydrogen-bond acceptors (Lipinski definition) is 11. The highest BCUT2D eigenvalue weighted by Gasteiger charge is 2.50. The predicted octanol–water partition coefficient (Wildman–Crippen LogP) is -4.74. The molecule has 2 aliphatic rings. The summed E-state index contributed by atoms with van der Waals surface area (Å²) in [7, 11) is 1.24. The second-order valence-corrected chi connectivity index (χ2v) is 5.74. The maximum absolute atomic E-state index is 10.2. The molecule has 0 aliphatic carbocycles. The number of ether oxygens (including phenoxy) is 4. The van der Waals surface area contributed by atoms with Gasteiger partial charge in [-0.05, 0) is 0 Å². The third-order valence-corrected chi connectivity index (χ3v) is 4.20. The Labute approximate surface area is 137 Å². The first-order chi connectivity index (χ1) is 11.3. The second kappa shape index (κ2) is 8.29. The number of aliphatic hydroxyl groups excluding tert-OH is 7. The highest BCUT2D eigenvalue weighted by Crippen LogP contribution is 2.29. The fourth-order valence-corrected chi connectivity index (χ4v) is 2.73. The molecule has 0 aromatic heterocycles. The first-order valence-corrected chi connectivity index (χ1v) is 7.46. The van der Waals surface area contributed by atoms with Crippen molar-refractivity contribution in [2.45, 2.75) is 61.4 Å². The van der Waals surface area contributed by atoms with Crippen LogP contribution < -0.4 is 0 Å². The second-order valence-electron chi connectivity index (χ2n) is 5.74. The Bertz CT molecular complexity index is 392. The minimum absolute atomic E-state index is 0.565. The molecular weight excluding hydrogens is 332 g/mol. The van der Waals surface area contributed by atoms with Crippen molar-refractivity contribution >= 4 is 0 Å². The Morgan fingerprint density at radius 1 is 0.708 bits per heavy atom. The van der Waals surface area contributed by atoms with Gasteiger partial charge in [-0.2, -0.15) is 0 Å². The van der Waals surface area contributed by atoms with Crippen LogP contribution in [0.15, 0.2) is 0 Å². The summed E-state index contributed by atoms with van der Waals surface area (Å²) in [4.78, 5) is 0. The lowest BCUT2D eigenvalue weighted by Crippen LogP contribution is -2.64. The maximum atomic E-state index is 10.2. The van der Waals surface area contributed by atoms with E-state index in [2.05, 4.69) is 0 Å². The summed E-state index contributed by atoms with van der Waals surface area (Å²) in [6.07, 6.45) is -14.3. The van der Waals surface area contributed by atoms with Crippen molar-refractivity contribution in [1.82, 2.24) is 0 Å². The van der Waals surface area contributed by atoms with Crippen LogP contribution in [0.25, 0.3) is 0 Å². The van der Waals surface area contributed by atoms with E-state index >= 15 is 0 Å². The van der Waals surface area contributed by atoms with Crippen molar-refractivity contribution < 1.29 is 54.7 Å². The lowest BCUT2D eigenvalue weighted by molar-refractivity contribution is -0.364. The lowest BCUT2D eigenvalue weighted by atomic mass is 9.97. The molecule has 7 N–H and O–H groups in total. The van der Waals surface area contributed by atoms with Gasteiger partial charge in [0, 0.05) is 7.11 Å². The Morgan fingerprint density at radius 3 is 1.71 bits per heavy atom. The van der Waals surface area contributed by atoms with E-state index in [0.29, 0.717) is 0 Å². The zero-order chi connectivity index (χ0) is 18.0. The largest absolute Gasteiger partial charge is 0.394 e. The normalized spacial score (nSPS) is 50.0. The number of rotatable bonds is 5. The Kier molecular flexibility index (Phi) is 6.87. The minimum Gasteiger partial charge on any atom is -0.394 e. The van der Waals surface area contributed by atoms with Crippen molar-refractivity contribution in [1.29, 1.82) is 0 Å². The predicted molar refractivity (Wildman–Crippen MR) is 73.4 cm³/mol. The molecule has 2 heterocycles. The summed E-state index contributed by atoms with van der Waals surface area (Å²) in [6, 6.07) is 0. The van der Waals surface area contributed by atoms with E-state index < -0.39 is 74.6 Å². The molecule has 0 saturated carbocycles. The minimum atomic E-state index is -1.68. The highest BCUT2D eigenvalue weighted by molar-refractivity contribution is 4.93. The monoisotopic (exact) mass is 356 g/mol. The van der Waals surface area contributed by atoms with E-state index in [1.807, 2.05) is 0 Å². The van der Waals surface area contributed by atoms with Gasteiger partial charge in [0.25, 0.3) is 0 Å². The van der Waals surface area contributed by atoms with E-state index in [1.54, 1.807) is 0 Å². The van der Waals surface area contributed by atoms with Crippen LogP contribution in [-0.2, 0) is 18.9 Å². The number of hydrogen-bond donors (Lipinski definition) is 7. The Balaban J connectivity index is 2.12. The molecule has 0 aromatic rings. The van der Waals surface area contributed by atoms with E-state index in [-0.39, 0.29) is 0 Å². The van der Waals surface area contributed by atoms with E-state index in [0.717, 1.165) is 0 Å². The topological polar surface area (TPSA) is 179 Å². The summed E-state index contributed by atoms with van der Waals surface area (Å²) in [6.45, 7) is -1.21. The zero-order valence-electron chi connectivity index (χ0n) is 13.0. The molecule has 0 radical (unpaired) electrons. The van der Waals surface area contributed by atoms with Crippen LogP contribution in [-0.4, -0.2) is 117 Å². The van der Waals surface area contributed by atoms with Gasteiger partial charge >= 0.3 is 0 Å². The third kappa shape index (κ3) is 3.71. The quantitative estimate of drug-likeness (QED) is 0.251. The van der Waals surface area contributed by atoms with Crippen molar-refractivity contribution in [3.05, 3.63) is 0 Å². The fourth-order valence-electron chi connectivity index (χ4n) is 2.73. The van der Waals surface area contributed by atoms with Gasteiger partial charge in [-0.1, -0.05) is 0 Å². The van der Waals surface area contributed by atoms with Crippen LogP contribution in [0.5, 0.6) is 0 Å². The molecule has 0 aromatic carbocycles. The third-order valence-electron chi connectivity index (χ3n) is 4.20. The average molecular weight is 356 g/mol. The van der Waals surface area contributed by atoms with Crippen LogP contribution >= 0.6 is 0 Å². The number of aliphatic hydroxyl groups is 7. The smallest absolute Gasteiger partial charge is 0.187 e. The van der Waals surface area contributed by atoms with Gasteiger partial charge in [-0.15, -0.1) is 0 Å².